The van der Waals surface area contributed by atoms with Gasteiger partial charge in [0.15, 0.2) is 5.82 Å². The third-order valence-corrected chi connectivity index (χ3v) is 3.42. The first-order valence-electron chi connectivity index (χ1n) is 10.3. The Bertz CT molecular complexity index is 518. The first-order chi connectivity index (χ1) is 12.9. The van der Waals surface area contributed by atoms with Crippen molar-refractivity contribution in [1.29, 1.82) is 0 Å². The lowest BCUT2D eigenvalue weighted by atomic mass is 10.2. The highest BCUT2D eigenvalue weighted by atomic mass is 16.5. The zero-order valence-corrected chi connectivity index (χ0v) is 19.1. The number of nitrogens with zero attached hydrogens (tertiary/aromatic N) is 4. The van der Waals surface area contributed by atoms with Gasteiger partial charge in [0.25, 0.3) is 0 Å². The van der Waals surface area contributed by atoms with Gasteiger partial charge in [-0.2, -0.15) is 5.10 Å². The van der Waals surface area contributed by atoms with Crippen LogP contribution in [0.2, 0.25) is 0 Å². The Morgan fingerprint density at radius 3 is 2.00 bits per heavy atom. The Balaban J connectivity index is 0. The van der Waals surface area contributed by atoms with Gasteiger partial charge in [-0.1, -0.05) is 54.5 Å². The normalized spacial score (nSPS) is 12.5. The minimum atomic E-state index is -0.307. The summed E-state index contributed by atoms with van der Waals surface area (Å²) in [6, 6.07) is 0. The summed E-state index contributed by atoms with van der Waals surface area (Å²) in [6.45, 7) is 23.9. The van der Waals surface area contributed by atoms with Crippen molar-refractivity contribution < 1.29 is 9.53 Å². The molecule has 2 rings (SSSR count). The maximum absolute atomic E-state index is 12.0. The second kappa shape index (κ2) is 16.2. The van der Waals surface area contributed by atoms with Crippen LogP contribution in [0.25, 0.3) is 0 Å². The molecule has 0 spiro atoms. The lowest BCUT2D eigenvalue weighted by Gasteiger charge is -2.36. The highest BCUT2D eigenvalue weighted by molar-refractivity contribution is 5.94. The van der Waals surface area contributed by atoms with Gasteiger partial charge >= 0.3 is 5.97 Å². The van der Waals surface area contributed by atoms with Crippen LogP contribution in [0, 0.1) is 0 Å². The molecule has 27 heavy (non-hydrogen) atoms. The Kier molecular flexibility index (Phi) is 16.4. The molecule has 0 atom stereocenters. The Morgan fingerprint density at radius 1 is 1.11 bits per heavy atom. The number of rotatable bonds is 4. The number of aromatic nitrogens is 2. The summed E-state index contributed by atoms with van der Waals surface area (Å²) in [4.78, 5) is 16.3. The fraction of sp³-hybridized carbons (Fsp3) is 0.714. The number of hydrogen-bond donors (Lipinski definition) is 0. The number of anilines is 1. The standard InChI is InChI=1S/C14H22N4O2.C3H8.2C2H6/c1-5-20-14(19)12-10-16(4)15-13(12)18-8-6-17(7-9-18)11(2)3;1-3-2;2*1-2/h10H,2,5-9H2,1,3-4H3;3H2,1-2H3;2*1-2H3. The number of esters is 1. The summed E-state index contributed by atoms with van der Waals surface area (Å²) in [7, 11) is 1.82. The molecule has 1 fully saturated rings. The quantitative estimate of drug-likeness (QED) is 0.705. The first kappa shape index (κ1) is 27.2. The van der Waals surface area contributed by atoms with E-state index in [2.05, 4.69) is 35.3 Å². The van der Waals surface area contributed by atoms with Crippen LogP contribution in [-0.4, -0.2) is 53.4 Å². The van der Waals surface area contributed by atoms with Crippen LogP contribution in [0.1, 0.15) is 72.2 Å². The minimum absolute atomic E-state index is 0.307. The molecule has 1 aromatic rings. The Labute approximate surface area is 167 Å². The predicted molar refractivity (Wildman–Crippen MR) is 116 cm³/mol. The second-order valence-corrected chi connectivity index (χ2v) is 5.68. The molecule has 0 bridgehead atoms. The molecule has 0 aromatic carbocycles. The van der Waals surface area contributed by atoms with Crippen LogP contribution < -0.4 is 4.90 Å². The molecule has 2 heterocycles. The lowest BCUT2D eigenvalue weighted by Crippen LogP contribution is -2.46. The number of allylic oxidation sites excluding steroid dienone is 1. The van der Waals surface area contributed by atoms with Crippen molar-refractivity contribution in [3.63, 3.8) is 0 Å². The SMILES string of the molecule is C=C(C)N1CCN(c2nn(C)cc2C(=O)OCC)CC1.CC.CC.CCC. The van der Waals surface area contributed by atoms with Gasteiger partial charge in [0.05, 0.1) is 6.61 Å². The average Bonchev–Trinajstić information content (AvgIpc) is 3.08. The third kappa shape index (κ3) is 9.50. The van der Waals surface area contributed by atoms with Gasteiger partial charge in [-0.3, -0.25) is 4.68 Å². The number of ether oxygens (including phenoxy) is 1. The van der Waals surface area contributed by atoms with Crippen molar-refractivity contribution in [2.24, 2.45) is 7.05 Å². The van der Waals surface area contributed by atoms with E-state index < -0.39 is 0 Å². The Hall–Kier alpha value is -1.98. The predicted octanol–water partition coefficient (Wildman–Crippen LogP) is 4.72. The summed E-state index contributed by atoms with van der Waals surface area (Å²) >= 11 is 0. The van der Waals surface area contributed by atoms with E-state index in [1.807, 2.05) is 41.7 Å². The maximum Gasteiger partial charge on any atom is 0.343 e. The molecule has 1 aromatic heterocycles. The summed E-state index contributed by atoms with van der Waals surface area (Å²) in [5.74, 6) is 0.408. The van der Waals surface area contributed by atoms with E-state index >= 15 is 0 Å². The van der Waals surface area contributed by atoms with Crippen molar-refractivity contribution in [1.82, 2.24) is 14.7 Å². The molecule has 1 aliphatic heterocycles. The van der Waals surface area contributed by atoms with E-state index in [1.54, 1.807) is 17.8 Å². The van der Waals surface area contributed by atoms with Crippen molar-refractivity contribution in [3.05, 3.63) is 24.0 Å². The van der Waals surface area contributed by atoms with Gasteiger partial charge in [-0.05, 0) is 13.8 Å². The molecule has 158 valence electrons. The molecule has 6 nitrogen and oxygen atoms in total. The van der Waals surface area contributed by atoms with Crippen molar-refractivity contribution in [2.45, 2.75) is 61.8 Å². The highest BCUT2D eigenvalue weighted by Crippen LogP contribution is 2.21. The molecule has 0 saturated carbocycles. The number of carbonyl (C=O) groups excluding carboxylic acids is 1. The van der Waals surface area contributed by atoms with Crippen LogP contribution in [0.15, 0.2) is 18.5 Å². The zero-order valence-electron chi connectivity index (χ0n) is 19.1. The summed E-state index contributed by atoms with van der Waals surface area (Å²) in [5, 5.41) is 4.41. The number of piperazine rings is 1. The van der Waals surface area contributed by atoms with Crippen LogP contribution in [0.5, 0.6) is 0 Å². The molecular weight excluding hydrogens is 340 g/mol. The van der Waals surface area contributed by atoms with E-state index in [0.717, 1.165) is 31.9 Å². The fourth-order valence-electron chi connectivity index (χ4n) is 2.36. The van der Waals surface area contributed by atoms with Crippen LogP contribution >= 0.6 is 0 Å². The van der Waals surface area contributed by atoms with Crippen LogP contribution in [-0.2, 0) is 11.8 Å². The molecule has 0 unspecified atom stereocenters. The first-order valence-corrected chi connectivity index (χ1v) is 10.3. The summed E-state index contributed by atoms with van der Waals surface area (Å²) in [5.41, 5.74) is 1.62. The third-order valence-electron chi connectivity index (χ3n) is 3.42. The largest absolute Gasteiger partial charge is 0.462 e. The molecule has 1 aliphatic rings. The summed E-state index contributed by atoms with van der Waals surface area (Å²) < 4.78 is 6.75. The van der Waals surface area contributed by atoms with Gasteiger partial charge in [0.1, 0.15) is 5.56 Å². The number of hydrogen-bond acceptors (Lipinski definition) is 5. The van der Waals surface area contributed by atoms with E-state index in [9.17, 15) is 4.79 Å². The monoisotopic (exact) mass is 382 g/mol. The second-order valence-electron chi connectivity index (χ2n) is 5.68. The van der Waals surface area contributed by atoms with Crippen molar-refractivity contribution >= 4 is 11.8 Å². The van der Waals surface area contributed by atoms with Crippen LogP contribution in [0.3, 0.4) is 0 Å². The van der Waals surface area contributed by atoms with E-state index in [-0.39, 0.29) is 5.97 Å². The highest BCUT2D eigenvalue weighted by Gasteiger charge is 2.25. The molecule has 0 aliphatic carbocycles. The van der Waals surface area contributed by atoms with Crippen molar-refractivity contribution in [2.75, 3.05) is 37.7 Å². The van der Waals surface area contributed by atoms with E-state index in [4.69, 9.17) is 4.74 Å². The summed E-state index contributed by atoms with van der Waals surface area (Å²) in [6.07, 6.45) is 2.97. The zero-order chi connectivity index (χ0) is 21.4. The van der Waals surface area contributed by atoms with Gasteiger partial charge in [-0.25, -0.2) is 4.79 Å². The maximum atomic E-state index is 12.0. The Morgan fingerprint density at radius 2 is 1.59 bits per heavy atom. The fourth-order valence-corrected chi connectivity index (χ4v) is 2.36. The van der Waals surface area contributed by atoms with Gasteiger partial charge in [0, 0.05) is 45.1 Å². The smallest absolute Gasteiger partial charge is 0.343 e. The van der Waals surface area contributed by atoms with Gasteiger partial charge in [0.2, 0.25) is 0 Å². The number of aryl methyl sites for hydroxylation is 1. The molecule has 1 saturated heterocycles. The van der Waals surface area contributed by atoms with Crippen LogP contribution in [0.4, 0.5) is 5.82 Å². The molecule has 6 heteroatoms. The van der Waals surface area contributed by atoms with E-state index in [0.29, 0.717) is 18.0 Å². The molecule has 0 amide bonds. The van der Waals surface area contributed by atoms with Gasteiger partial charge in [-0.15, -0.1) is 0 Å². The topological polar surface area (TPSA) is 50.6 Å². The van der Waals surface area contributed by atoms with Gasteiger partial charge < -0.3 is 14.5 Å². The molecule has 0 N–H and O–H groups in total. The average molecular weight is 383 g/mol. The molecular formula is C21H42N4O2. The van der Waals surface area contributed by atoms with Crippen molar-refractivity contribution in [3.8, 4) is 0 Å². The minimum Gasteiger partial charge on any atom is -0.462 e. The lowest BCUT2D eigenvalue weighted by molar-refractivity contribution is 0.0527. The molecule has 0 radical (unpaired) electrons. The number of carbonyl (C=O) groups is 1. The van der Waals surface area contributed by atoms with E-state index in [1.165, 1.54) is 6.42 Å².